The number of rotatable bonds is 4. The molecule has 0 radical (unpaired) electrons. The molecular formula is C17H10BrF2N5O. The molecule has 0 aliphatic rings. The minimum Gasteiger partial charge on any atom is -0.435 e. The number of nitrogens with one attached hydrogen (secondary N) is 2. The van der Waals surface area contributed by atoms with Gasteiger partial charge in [0, 0.05) is 22.9 Å². The first-order chi connectivity index (χ1) is 12.6. The smallest absolute Gasteiger partial charge is 0.234 e. The SMILES string of the molecule is Fc1ccc(Oc2nc(Nc3cccnc3)nc3[nH]cc(Br)c23)c(F)c1. The molecule has 4 aromatic rings. The fourth-order valence-corrected chi connectivity index (χ4v) is 2.79. The van der Waals surface area contributed by atoms with Crippen molar-refractivity contribution >= 4 is 38.6 Å². The highest BCUT2D eigenvalue weighted by Crippen LogP contribution is 2.35. The Balaban J connectivity index is 1.77. The molecule has 0 amide bonds. The number of aromatic nitrogens is 4. The van der Waals surface area contributed by atoms with Gasteiger partial charge in [0.25, 0.3) is 0 Å². The van der Waals surface area contributed by atoms with Gasteiger partial charge in [0.05, 0.1) is 17.3 Å². The van der Waals surface area contributed by atoms with Crippen LogP contribution in [0.2, 0.25) is 0 Å². The minimum absolute atomic E-state index is 0.111. The Hall–Kier alpha value is -3.07. The number of benzene rings is 1. The highest BCUT2D eigenvalue weighted by atomic mass is 79.9. The number of nitrogens with zero attached hydrogens (tertiary/aromatic N) is 3. The molecule has 4 rings (SSSR count). The van der Waals surface area contributed by atoms with Gasteiger partial charge in [-0.3, -0.25) is 4.98 Å². The summed E-state index contributed by atoms with van der Waals surface area (Å²) < 4.78 is 33.3. The molecule has 6 nitrogen and oxygen atoms in total. The third-order valence-electron chi connectivity index (χ3n) is 3.47. The minimum atomic E-state index is -0.829. The van der Waals surface area contributed by atoms with Crippen molar-refractivity contribution in [2.45, 2.75) is 0 Å². The van der Waals surface area contributed by atoms with Gasteiger partial charge >= 0.3 is 0 Å². The van der Waals surface area contributed by atoms with Crippen molar-refractivity contribution in [1.29, 1.82) is 0 Å². The summed E-state index contributed by atoms with van der Waals surface area (Å²) in [4.78, 5) is 15.7. The summed E-state index contributed by atoms with van der Waals surface area (Å²) in [5, 5.41) is 3.53. The highest BCUT2D eigenvalue weighted by molar-refractivity contribution is 9.10. The first-order valence-corrected chi connectivity index (χ1v) is 8.24. The molecular weight excluding hydrogens is 408 g/mol. The number of ether oxygens (including phenoxy) is 1. The third-order valence-corrected chi connectivity index (χ3v) is 4.09. The van der Waals surface area contributed by atoms with E-state index in [1.807, 2.05) is 0 Å². The molecule has 1 aromatic carbocycles. The Bertz CT molecular complexity index is 1090. The summed E-state index contributed by atoms with van der Waals surface area (Å²) in [6.45, 7) is 0. The van der Waals surface area contributed by atoms with Crippen molar-refractivity contribution < 1.29 is 13.5 Å². The Morgan fingerprint density at radius 3 is 2.81 bits per heavy atom. The summed E-state index contributed by atoms with van der Waals surface area (Å²) >= 11 is 3.38. The second kappa shape index (κ2) is 6.68. The second-order valence-corrected chi connectivity index (χ2v) is 6.11. The van der Waals surface area contributed by atoms with Gasteiger partial charge < -0.3 is 15.0 Å². The topological polar surface area (TPSA) is 75.7 Å². The average molecular weight is 418 g/mol. The van der Waals surface area contributed by atoms with Crippen molar-refractivity contribution in [1.82, 2.24) is 19.9 Å². The standard InChI is InChI=1S/C17H10BrF2N5O/c18-11-8-22-15-14(11)16(26-13-4-3-9(19)6-12(13)20)25-17(24-15)23-10-2-1-5-21-7-10/h1-8H,(H2,22,23,24,25). The summed E-state index contributed by atoms with van der Waals surface area (Å²) in [7, 11) is 0. The number of hydrogen-bond acceptors (Lipinski definition) is 5. The van der Waals surface area contributed by atoms with E-state index in [1.165, 1.54) is 6.07 Å². The number of hydrogen-bond donors (Lipinski definition) is 2. The zero-order chi connectivity index (χ0) is 18.1. The molecule has 0 fully saturated rings. The fourth-order valence-electron chi connectivity index (χ4n) is 2.32. The molecule has 9 heteroatoms. The Kier molecular flexibility index (Phi) is 4.21. The third kappa shape index (κ3) is 3.21. The molecule has 0 aliphatic carbocycles. The summed E-state index contributed by atoms with van der Waals surface area (Å²) in [5.41, 5.74) is 1.16. The zero-order valence-corrected chi connectivity index (χ0v) is 14.6. The summed E-state index contributed by atoms with van der Waals surface area (Å²) in [6, 6.07) is 6.61. The molecule has 3 aromatic heterocycles. The van der Waals surface area contributed by atoms with Crippen LogP contribution in [0.25, 0.3) is 11.0 Å². The number of aromatic amines is 1. The number of halogens is 3. The van der Waals surface area contributed by atoms with Crippen molar-refractivity contribution in [3.05, 3.63) is 65.0 Å². The van der Waals surface area contributed by atoms with Crippen molar-refractivity contribution in [3.8, 4) is 11.6 Å². The molecule has 2 N–H and O–H groups in total. The van der Waals surface area contributed by atoms with Crippen LogP contribution >= 0.6 is 15.9 Å². The fraction of sp³-hybridized carbons (Fsp3) is 0. The maximum atomic E-state index is 14.0. The van der Waals surface area contributed by atoms with Crippen LogP contribution in [-0.4, -0.2) is 19.9 Å². The maximum Gasteiger partial charge on any atom is 0.234 e. The number of H-pyrrole nitrogens is 1. The Labute approximate surface area is 154 Å². The van der Waals surface area contributed by atoms with E-state index in [4.69, 9.17) is 4.74 Å². The highest BCUT2D eigenvalue weighted by Gasteiger charge is 2.16. The van der Waals surface area contributed by atoms with Gasteiger partial charge in [0.2, 0.25) is 11.8 Å². The molecule has 0 saturated heterocycles. The lowest BCUT2D eigenvalue weighted by Gasteiger charge is -2.10. The van der Waals surface area contributed by atoms with Gasteiger partial charge in [-0.1, -0.05) is 0 Å². The lowest BCUT2D eigenvalue weighted by molar-refractivity contribution is 0.428. The monoisotopic (exact) mass is 417 g/mol. The molecule has 3 heterocycles. The van der Waals surface area contributed by atoms with Gasteiger partial charge in [-0.25, -0.2) is 8.78 Å². The van der Waals surface area contributed by atoms with Crippen molar-refractivity contribution in [3.63, 3.8) is 0 Å². The molecule has 26 heavy (non-hydrogen) atoms. The van der Waals surface area contributed by atoms with E-state index in [0.29, 0.717) is 21.2 Å². The molecule has 0 bridgehead atoms. The van der Waals surface area contributed by atoms with E-state index in [9.17, 15) is 8.78 Å². The molecule has 0 saturated carbocycles. The molecule has 130 valence electrons. The first-order valence-electron chi connectivity index (χ1n) is 7.45. The van der Waals surface area contributed by atoms with Crippen LogP contribution in [-0.2, 0) is 0 Å². The van der Waals surface area contributed by atoms with Gasteiger partial charge in [-0.2, -0.15) is 9.97 Å². The van der Waals surface area contributed by atoms with E-state index in [1.54, 1.807) is 30.7 Å². The zero-order valence-electron chi connectivity index (χ0n) is 13.0. The van der Waals surface area contributed by atoms with Crippen LogP contribution in [0, 0.1) is 11.6 Å². The predicted octanol–water partition coefficient (Wildman–Crippen LogP) is 4.93. The van der Waals surface area contributed by atoms with Crippen molar-refractivity contribution in [2.75, 3.05) is 5.32 Å². The van der Waals surface area contributed by atoms with E-state index >= 15 is 0 Å². The lowest BCUT2D eigenvalue weighted by atomic mass is 10.3. The summed E-state index contributed by atoms with van der Waals surface area (Å²) in [5.74, 6) is -1.32. The van der Waals surface area contributed by atoms with Crippen LogP contribution in [0.15, 0.2) is 53.4 Å². The van der Waals surface area contributed by atoms with Crippen LogP contribution in [0.4, 0.5) is 20.4 Å². The molecule has 0 atom stereocenters. The van der Waals surface area contributed by atoms with Gasteiger partial charge in [0.15, 0.2) is 11.6 Å². The Morgan fingerprint density at radius 1 is 1.15 bits per heavy atom. The lowest BCUT2D eigenvalue weighted by Crippen LogP contribution is -2.00. The molecule has 0 aliphatic heterocycles. The largest absolute Gasteiger partial charge is 0.435 e. The summed E-state index contributed by atoms with van der Waals surface area (Å²) in [6.07, 6.45) is 4.92. The number of fused-ring (bicyclic) bond motifs is 1. The quantitative estimate of drug-likeness (QED) is 0.492. The van der Waals surface area contributed by atoms with Crippen LogP contribution in [0.1, 0.15) is 0 Å². The first kappa shape index (κ1) is 16.4. The van der Waals surface area contributed by atoms with E-state index < -0.39 is 11.6 Å². The van der Waals surface area contributed by atoms with Crippen LogP contribution in [0.3, 0.4) is 0 Å². The van der Waals surface area contributed by atoms with E-state index in [0.717, 1.165) is 12.1 Å². The second-order valence-electron chi connectivity index (χ2n) is 5.26. The van der Waals surface area contributed by atoms with Gasteiger partial charge in [0.1, 0.15) is 11.5 Å². The average Bonchev–Trinajstić information content (AvgIpc) is 2.99. The molecule has 0 spiro atoms. The van der Waals surface area contributed by atoms with Crippen molar-refractivity contribution in [2.24, 2.45) is 0 Å². The normalized spacial score (nSPS) is 10.9. The Morgan fingerprint density at radius 2 is 2.04 bits per heavy atom. The number of pyridine rings is 1. The van der Waals surface area contributed by atoms with Gasteiger partial charge in [-0.15, -0.1) is 0 Å². The van der Waals surface area contributed by atoms with Crippen LogP contribution < -0.4 is 10.1 Å². The van der Waals surface area contributed by atoms with Gasteiger partial charge in [-0.05, 0) is 40.2 Å². The molecule has 0 unspecified atom stereocenters. The number of anilines is 2. The van der Waals surface area contributed by atoms with E-state index in [2.05, 4.69) is 41.2 Å². The maximum absolute atomic E-state index is 14.0. The van der Waals surface area contributed by atoms with E-state index in [-0.39, 0.29) is 17.6 Å². The predicted molar refractivity (Wildman–Crippen MR) is 95.5 cm³/mol. The van der Waals surface area contributed by atoms with Crippen LogP contribution in [0.5, 0.6) is 11.6 Å².